The van der Waals surface area contributed by atoms with Crippen LogP contribution in [0.4, 0.5) is 16.2 Å². The second-order valence-corrected chi connectivity index (χ2v) is 5.88. The monoisotopic (exact) mass is 364 g/mol. The smallest absolute Gasteiger partial charge is 0.308 e. The average molecular weight is 365 g/mol. The summed E-state index contributed by atoms with van der Waals surface area (Å²) < 4.78 is 1.61. The lowest BCUT2D eigenvalue weighted by Crippen LogP contribution is -2.19. The zero-order valence-corrected chi connectivity index (χ0v) is 14.2. The number of carbonyl (C=O) groups is 1. The molecule has 0 aliphatic carbocycles. The number of carbonyl (C=O) groups excluding carboxylic acids is 1. The number of halogens is 1. The maximum Gasteiger partial charge on any atom is 0.323 e. The van der Waals surface area contributed by atoms with Gasteiger partial charge in [-0.2, -0.15) is 0 Å². The molecule has 0 bridgehead atoms. The van der Waals surface area contributed by atoms with Crippen LogP contribution < -0.4 is 10.6 Å². The Morgan fingerprint density at radius 1 is 1.04 bits per heavy atom. The van der Waals surface area contributed by atoms with Gasteiger partial charge in [0.25, 0.3) is 0 Å². The lowest BCUT2D eigenvalue weighted by molar-refractivity contribution is 0.262. The van der Waals surface area contributed by atoms with Gasteiger partial charge in [0, 0.05) is 17.3 Å². The van der Waals surface area contributed by atoms with Gasteiger partial charge in [0.1, 0.15) is 0 Å². The van der Waals surface area contributed by atoms with Crippen LogP contribution >= 0.6 is 11.6 Å². The van der Waals surface area contributed by atoms with Crippen LogP contribution in [0, 0.1) is 0 Å². The summed E-state index contributed by atoms with van der Waals surface area (Å²) in [5, 5.41) is 14.7. The van der Waals surface area contributed by atoms with Crippen LogP contribution in [0.15, 0.2) is 67.1 Å². The van der Waals surface area contributed by atoms with Gasteiger partial charge in [-0.1, -0.05) is 22.9 Å². The van der Waals surface area contributed by atoms with Gasteiger partial charge in [-0.25, -0.2) is 9.48 Å². The normalized spacial score (nSPS) is 10.7. The Morgan fingerprint density at radius 2 is 1.96 bits per heavy atom. The topological polar surface area (TPSA) is 84.7 Å². The van der Waals surface area contributed by atoms with Crippen molar-refractivity contribution in [1.82, 2.24) is 20.0 Å². The fourth-order valence-electron chi connectivity index (χ4n) is 2.60. The molecule has 2 heterocycles. The number of rotatable bonds is 3. The second kappa shape index (κ2) is 6.81. The molecule has 0 spiro atoms. The van der Waals surface area contributed by atoms with Crippen molar-refractivity contribution in [3.8, 4) is 5.69 Å². The van der Waals surface area contributed by atoms with E-state index in [1.54, 1.807) is 53.6 Å². The van der Waals surface area contributed by atoms with E-state index in [2.05, 4.69) is 25.9 Å². The van der Waals surface area contributed by atoms with Crippen molar-refractivity contribution in [2.75, 3.05) is 10.6 Å². The number of benzene rings is 2. The summed E-state index contributed by atoms with van der Waals surface area (Å²) in [4.78, 5) is 16.7. The maximum absolute atomic E-state index is 12.4. The number of nitrogens with one attached hydrogen (secondary N) is 2. The lowest BCUT2D eigenvalue weighted by atomic mass is 10.2. The van der Waals surface area contributed by atoms with Crippen LogP contribution in [0.2, 0.25) is 5.02 Å². The molecule has 0 aliphatic rings. The molecule has 2 N–H and O–H groups in total. The lowest BCUT2D eigenvalue weighted by Gasteiger charge is -2.11. The Bertz CT molecular complexity index is 1080. The van der Waals surface area contributed by atoms with E-state index in [1.165, 1.54) is 0 Å². The van der Waals surface area contributed by atoms with Gasteiger partial charge in [0.2, 0.25) is 0 Å². The van der Waals surface area contributed by atoms with Crippen molar-refractivity contribution >= 4 is 39.9 Å². The minimum absolute atomic E-state index is 0.367. The largest absolute Gasteiger partial charge is 0.323 e. The van der Waals surface area contributed by atoms with Gasteiger partial charge in [-0.05, 0) is 42.5 Å². The number of urea groups is 1. The summed E-state index contributed by atoms with van der Waals surface area (Å²) in [6.45, 7) is 0. The first kappa shape index (κ1) is 16.0. The quantitative estimate of drug-likeness (QED) is 0.572. The van der Waals surface area contributed by atoms with Gasteiger partial charge in [0.15, 0.2) is 0 Å². The van der Waals surface area contributed by atoms with E-state index in [4.69, 9.17) is 11.6 Å². The first-order chi connectivity index (χ1) is 12.7. The van der Waals surface area contributed by atoms with Crippen molar-refractivity contribution < 1.29 is 4.79 Å². The zero-order valence-electron chi connectivity index (χ0n) is 13.4. The third kappa shape index (κ3) is 3.20. The molecule has 128 valence electrons. The molecule has 0 radical (unpaired) electrons. The van der Waals surface area contributed by atoms with Crippen molar-refractivity contribution in [3.63, 3.8) is 0 Å². The Balaban J connectivity index is 1.55. The van der Waals surface area contributed by atoms with Crippen LogP contribution in [0.1, 0.15) is 0 Å². The van der Waals surface area contributed by atoms with E-state index in [0.29, 0.717) is 21.9 Å². The molecule has 0 saturated carbocycles. The molecule has 4 rings (SSSR count). The van der Waals surface area contributed by atoms with Gasteiger partial charge in [-0.3, -0.25) is 4.98 Å². The number of anilines is 2. The summed E-state index contributed by atoms with van der Waals surface area (Å²) in [6, 6.07) is 14.0. The predicted octanol–water partition coefficient (Wildman–Crippen LogP) is 4.11. The SMILES string of the molecule is O=C(Nc1cccc(-n2ccnn2)c1)Nc1ccc(Cl)c2ncccc12. The minimum atomic E-state index is -0.367. The van der Waals surface area contributed by atoms with Crippen LogP contribution in [0.5, 0.6) is 0 Å². The van der Waals surface area contributed by atoms with Gasteiger partial charge in [-0.15, -0.1) is 5.10 Å². The fraction of sp³-hybridized carbons (Fsp3) is 0. The fourth-order valence-corrected chi connectivity index (χ4v) is 2.82. The van der Waals surface area contributed by atoms with Gasteiger partial charge >= 0.3 is 6.03 Å². The molecule has 2 aromatic carbocycles. The molecule has 4 aromatic rings. The van der Waals surface area contributed by atoms with Crippen LogP contribution in [0.3, 0.4) is 0 Å². The van der Waals surface area contributed by atoms with Crippen molar-refractivity contribution in [2.24, 2.45) is 0 Å². The Morgan fingerprint density at radius 3 is 2.81 bits per heavy atom. The van der Waals surface area contributed by atoms with Crippen LogP contribution in [-0.2, 0) is 0 Å². The Labute approximate surface area is 153 Å². The average Bonchev–Trinajstić information content (AvgIpc) is 3.19. The standard InChI is InChI=1S/C18H13ClN6O/c19-15-6-7-16(14-5-2-8-20-17(14)15)23-18(26)22-12-3-1-4-13(11-12)25-10-9-21-24-25/h1-11H,(H2,22,23,26). The molecule has 2 aromatic heterocycles. The highest BCUT2D eigenvalue weighted by molar-refractivity contribution is 6.35. The number of pyridine rings is 1. The van der Waals surface area contributed by atoms with E-state index in [0.717, 1.165) is 11.1 Å². The number of fused-ring (bicyclic) bond motifs is 1. The maximum atomic E-state index is 12.4. The summed E-state index contributed by atoms with van der Waals surface area (Å²) in [6.07, 6.45) is 4.98. The van der Waals surface area contributed by atoms with Crippen molar-refractivity contribution in [2.45, 2.75) is 0 Å². The van der Waals surface area contributed by atoms with E-state index >= 15 is 0 Å². The molecule has 0 atom stereocenters. The summed E-state index contributed by atoms with van der Waals surface area (Å²) in [5.74, 6) is 0. The summed E-state index contributed by atoms with van der Waals surface area (Å²) in [7, 11) is 0. The molecular formula is C18H13ClN6O. The highest BCUT2D eigenvalue weighted by Gasteiger charge is 2.09. The molecule has 2 amide bonds. The van der Waals surface area contributed by atoms with E-state index in [-0.39, 0.29) is 6.03 Å². The zero-order chi connectivity index (χ0) is 17.9. The highest BCUT2D eigenvalue weighted by Crippen LogP contribution is 2.28. The van der Waals surface area contributed by atoms with Crippen molar-refractivity contribution in [1.29, 1.82) is 0 Å². The molecule has 0 saturated heterocycles. The first-order valence-electron chi connectivity index (χ1n) is 7.79. The van der Waals surface area contributed by atoms with Crippen LogP contribution in [0.25, 0.3) is 16.6 Å². The van der Waals surface area contributed by atoms with Gasteiger partial charge in [0.05, 0.1) is 34.3 Å². The molecule has 0 aliphatic heterocycles. The van der Waals surface area contributed by atoms with E-state index in [1.807, 2.05) is 18.2 Å². The van der Waals surface area contributed by atoms with Crippen LogP contribution in [-0.4, -0.2) is 26.0 Å². The number of nitrogens with zero attached hydrogens (tertiary/aromatic N) is 4. The molecule has 0 unspecified atom stereocenters. The third-order valence-electron chi connectivity index (χ3n) is 3.76. The molecule has 7 nitrogen and oxygen atoms in total. The number of amides is 2. The third-order valence-corrected chi connectivity index (χ3v) is 4.06. The Kier molecular flexibility index (Phi) is 4.20. The van der Waals surface area contributed by atoms with E-state index < -0.39 is 0 Å². The minimum Gasteiger partial charge on any atom is -0.308 e. The van der Waals surface area contributed by atoms with E-state index in [9.17, 15) is 4.79 Å². The molecule has 8 heteroatoms. The first-order valence-corrected chi connectivity index (χ1v) is 8.16. The molecular weight excluding hydrogens is 352 g/mol. The predicted molar refractivity (Wildman–Crippen MR) is 101 cm³/mol. The van der Waals surface area contributed by atoms with Gasteiger partial charge < -0.3 is 10.6 Å². The highest BCUT2D eigenvalue weighted by atomic mass is 35.5. The Hall–Kier alpha value is -3.45. The number of hydrogen-bond acceptors (Lipinski definition) is 4. The summed E-state index contributed by atoms with van der Waals surface area (Å²) in [5.41, 5.74) is 2.69. The molecule has 0 fully saturated rings. The molecule has 26 heavy (non-hydrogen) atoms. The number of hydrogen-bond donors (Lipinski definition) is 2. The second-order valence-electron chi connectivity index (χ2n) is 5.47. The van der Waals surface area contributed by atoms with Crippen molar-refractivity contribution in [3.05, 3.63) is 72.1 Å². The number of aromatic nitrogens is 4. The summed E-state index contributed by atoms with van der Waals surface area (Å²) >= 11 is 6.16.